The minimum absolute atomic E-state index is 0.0129. The molecule has 23 heavy (non-hydrogen) atoms. The molecule has 3 rings (SSSR count). The van der Waals surface area contributed by atoms with Crippen LogP contribution in [0.1, 0.15) is 27.4 Å². The molecular weight excluding hydrogens is 295 g/mol. The molecule has 1 aromatic carbocycles. The SMILES string of the molecule is Cc1ccc(C(=O)N2C[C@@H](CO)[C@H](c3ccncc3)C2)cc1F. The van der Waals surface area contributed by atoms with Gasteiger partial charge in [-0.3, -0.25) is 9.78 Å². The summed E-state index contributed by atoms with van der Waals surface area (Å²) in [5.41, 5.74) is 1.93. The predicted molar refractivity (Wildman–Crippen MR) is 84.6 cm³/mol. The van der Waals surface area contributed by atoms with Crippen molar-refractivity contribution in [1.82, 2.24) is 9.88 Å². The van der Waals surface area contributed by atoms with Crippen LogP contribution >= 0.6 is 0 Å². The Labute approximate surface area is 134 Å². The molecule has 0 radical (unpaired) electrons. The zero-order valence-corrected chi connectivity index (χ0v) is 12.9. The van der Waals surface area contributed by atoms with Crippen molar-refractivity contribution in [2.45, 2.75) is 12.8 Å². The van der Waals surface area contributed by atoms with Crippen molar-refractivity contribution in [3.63, 3.8) is 0 Å². The van der Waals surface area contributed by atoms with Crippen molar-refractivity contribution in [3.8, 4) is 0 Å². The zero-order valence-electron chi connectivity index (χ0n) is 12.9. The first kappa shape index (κ1) is 15.6. The Morgan fingerprint density at radius 3 is 2.70 bits per heavy atom. The molecule has 0 bridgehead atoms. The van der Waals surface area contributed by atoms with Gasteiger partial charge in [0.2, 0.25) is 0 Å². The van der Waals surface area contributed by atoms with Crippen LogP contribution in [-0.2, 0) is 0 Å². The summed E-state index contributed by atoms with van der Waals surface area (Å²) in [7, 11) is 0. The topological polar surface area (TPSA) is 53.4 Å². The molecule has 0 aliphatic carbocycles. The standard InChI is InChI=1S/C18H19FN2O2/c1-12-2-3-14(8-17(12)19)18(23)21-9-15(11-22)16(10-21)13-4-6-20-7-5-13/h2-8,15-16,22H,9-11H2,1H3/t15-,16-/m0/s1. The second kappa shape index (κ2) is 6.46. The molecule has 0 unspecified atom stereocenters. The fourth-order valence-electron chi connectivity index (χ4n) is 3.12. The highest BCUT2D eigenvalue weighted by Gasteiger charge is 2.36. The average molecular weight is 314 g/mol. The Hall–Kier alpha value is -2.27. The zero-order chi connectivity index (χ0) is 16.4. The third-order valence-electron chi connectivity index (χ3n) is 4.52. The van der Waals surface area contributed by atoms with Crippen LogP contribution in [-0.4, -0.2) is 40.6 Å². The number of carbonyl (C=O) groups is 1. The molecule has 4 nitrogen and oxygen atoms in total. The summed E-state index contributed by atoms with van der Waals surface area (Å²) < 4.78 is 13.7. The van der Waals surface area contributed by atoms with Gasteiger partial charge in [0.05, 0.1) is 0 Å². The third kappa shape index (κ3) is 3.10. The monoisotopic (exact) mass is 314 g/mol. The molecule has 2 aromatic rings. The summed E-state index contributed by atoms with van der Waals surface area (Å²) in [4.78, 5) is 18.3. The maximum atomic E-state index is 13.7. The van der Waals surface area contributed by atoms with Crippen molar-refractivity contribution >= 4 is 5.91 Å². The first-order valence-corrected chi connectivity index (χ1v) is 7.66. The van der Waals surface area contributed by atoms with Crippen molar-refractivity contribution in [3.05, 3.63) is 65.2 Å². The van der Waals surface area contributed by atoms with Crippen LogP contribution in [0, 0.1) is 18.7 Å². The van der Waals surface area contributed by atoms with Gasteiger partial charge in [-0.25, -0.2) is 4.39 Å². The Morgan fingerprint density at radius 2 is 2.04 bits per heavy atom. The van der Waals surface area contributed by atoms with Crippen molar-refractivity contribution in [2.75, 3.05) is 19.7 Å². The van der Waals surface area contributed by atoms with Crippen molar-refractivity contribution in [1.29, 1.82) is 0 Å². The van der Waals surface area contributed by atoms with E-state index in [0.29, 0.717) is 24.2 Å². The highest BCUT2D eigenvalue weighted by Crippen LogP contribution is 2.33. The van der Waals surface area contributed by atoms with E-state index in [1.54, 1.807) is 36.4 Å². The Kier molecular flexibility index (Phi) is 4.39. The van der Waals surface area contributed by atoms with Crippen LogP contribution in [0.3, 0.4) is 0 Å². The minimum Gasteiger partial charge on any atom is -0.396 e. The van der Waals surface area contributed by atoms with E-state index in [1.165, 1.54) is 6.07 Å². The van der Waals surface area contributed by atoms with Crippen LogP contribution in [0.2, 0.25) is 0 Å². The van der Waals surface area contributed by atoms with Crippen LogP contribution in [0.4, 0.5) is 4.39 Å². The summed E-state index contributed by atoms with van der Waals surface area (Å²) in [6.07, 6.45) is 3.42. The van der Waals surface area contributed by atoms with Crippen LogP contribution in [0.25, 0.3) is 0 Å². The van der Waals surface area contributed by atoms with E-state index in [1.807, 2.05) is 12.1 Å². The molecule has 1 fully saturated rings. The van der Waals surface area contributed by atoms with Gasteiger partial charge in [-0.1, -0.05) is 6.07 Å². The summed E-state index contributed by atoms with van der Waals surface area (Å²) in [5.74, 6) is -0.516. The summed E-state index contributed by atoms with van der Waals surface area (Å²) in [5, 5.41) is 9.63. The van der Waals surface area contributed by atoms with E-state index in [2.05, 4.69) is 4.98 Å². The summed E-state index contributed by atoms with van der Waals surface area (Å²) >= 11 is 0. The van der Waals surface area contributed by atoms with Crippen LogP contribution in [0.5, 0.6) is 0 Å². The largest absolute Gasteiger partial charge is 0.396 e. The number of pyridine rings is 1. The van der Waals surface area contributed by atoms with E-state index < -0.39 is 0 Å². The number of hydrogen-bond donors (Lipinski definition) is 1. The molecule has 5 heteroatoms. The number of amides is 1. The lowest BCUT2D eigenvalue weighted by Gasteiger charge is -2.17. The van der Waals surface area contributed by atoms with E-state index in [-0.39, 0.29) is 30.2 Å². The number of aryl methyl sites for hydroxylation is 1. The number of carbonyl (C=O) groups excluding carboxylic acids is 1. The molecule has 1 amide bonds. The fraction of sp³-hybridized carbons (Fsp3) is 0.333. The summed E-state index contributed by atoms with van der Waals surface area (Å²) in [6, 6.07) is 8.36. The van der Waals surface area contributed by atoms with Gasteiger partial charge in [0.1, 0.15) is 5.82 Å². The minimum atomic E-state index is -0.376. The lowest BCUT2D eigenvalue weighted by Crippen LogP contribution is -2.29. The van der Waals surface area contributed by atoms with E-state index in [4.69, 9.17) is 0 Å². The molecule has 2 atom stereocenters. The number of benzene rings is 1. The highest BCUT2D eigenvalue weighted by molar-refractivity contribution is 5.94. The van der Waals surface area contributed by atoms with Gasteiger partial charge in [-0.15, -0.1) is 0 Å². The highest BCUT2D eigenvalue weighted by atomic mass is 19.1. The number of aliphatic hydroxyl groups excluding tert-OH is 1. The molecule has 1 aliphatic rings. The Morgan fingerprint density at radius 1 is 1.30 bits per heavy atom. The first-order valence-electron chi connectivity index (χ1n) is 7.66. The first-order chi connectivity index (χ1) is 11.1. The van der Waals surface area contributed by atoms with E-state index in [9.17, 15) is 14.3 Å². The van der Waals surface area contributed by atoms with Gasteiger partial charge >= 0.3 is 0 Å². The lowest BCUT2D eigenvalue weighted by atomic mass is 9.90. The number of rotatable bonds is 3. The maximum absolute atomic E-state index is 13.7. The Bertz CT molecular complexity index is 705. The van der Waals surface area contributed by atoms with Gasteiger partial charge in [0.25, 0.3) is 5.91 Å². The number of aliphatic hydroxyl groups is 1. The van der Waals surface area contributed by atoms with Crippen molar-refractivity contribution in [2.24, 2.45) is 5.92 Å². The van der Waals surface area contributed by atoms with Gasteiger partial charge in [0, 0.05) is 49.5 Å². The molecule has 0 saturated carbocycles. The van der Waals surface area contributed by atoms with E-state index in [0.717, 1.165) is 5.56 Å². The number of halogens is 1. The van der Waals surface area contributed by atoms with E-state index >= 15 is 0 Å². The number of likely N-dealkylation sites (tertiary alicyclic amines) is 1. The summed E-state index contributed by atoms with van der Waals surface area (Å²) in [6.45, 7) is 2.67. The maximum Gasteiger partial charge on any atom is 0.253 e. The molecule has 1 saturated heterocycles. The van der Waals surface area contributed by atoms with Crippen molar-refractivity contribution < 1.29 is 14.3 Å². The van der Waals surface area contributed by atoms with Crippen LogP contribution in [0.15, 0.2) is 42.7 Å². The number of aromatic nitrogens is 1. The molecule has 1 aliphatic heterocycles. The van der Waals surface area contributed by atoms with Crippen LogP contribution < -0.4 is 0 Å². The van der Waals surface area contributed by atoms with Gasteiger partial charge in [-0.2, -0.15) is 0 Å². The fourth-order valence-corrected chi connectivity index (χ4v) is 3.12. The smallest absolute Gasteiger partial charge is 0.253 e. The number of hydrogen-bond acceptors (Lipinski definition) is 3. The van der Waals surface area contributed by atoms with Gasteiger partial charge in [0.15, 0.2) is 0 Å². The quantitative estimate of drug-likeness (QED) is 0.946. The predicted octanol–water partition coefficient (Wildman–Crippen LogP) is 2.38. The molecule has 1 aromatic heterocycles. The molecule has 1 N–H and O–H groups in total. The van der Waals surface area contributed by atoms with Gasteiger partial charge in [-0.05, 0) is 42.3 Å². The van der Waals surface area contributed by atoms with Gasteiger partial charge < -0.3 is 10.0 Å². The third-order valence-corrected chi connectivity index (χ3v) is 4.52. The molecule has 2 heterocycles. The second-order valence-electron chi connectivity index (χ2n) is 6.00. The average Bonchev–Trinajstić information content (AvgIpc) is 3.02. The Balaban J connectivity index is 1.81. The molecule has 0 spiro atoms. The molecule has 120 valence electrons. The normalized spacial score (nSPS) is 20.7. The second-order valence-corrected chi connectivity index (χ2v) is 6.00. The number of nitrogens with zero attached hydrogens (tertiary/aromatic N) is 2. The molecular formula is C18H19FN2O2. The lowest BCUT2D eigenvalue weighted by molar-refractivity contribution is 0.0781.